The highest BCUT2D eigenvalue weighted by atomic mass is 16.2. The molecule has 0 bridgehead atoms. The predicted octanol–water partition coefficient (Wildman–Crippen LogP) is 2.57. The Bertz CT molecular complexity index is 786. The minimum atomic E-state index is -1.26. The van der Waals surface area contributed by atoms with Crippen molar-refractivity contribution >= 4 is 23.3 Å². The summed E-state index contributed by atoms with van der Waals surface area (Å²) in [6.07, 6.45) is 3.28. The van der Waals surface area contributed by atoms with Crippen LogP contribution in [0.3, 0.4) is 0 Å². The molecule has 2 rings (SSSR count). The van der Waals surface area contributed by atoms with Gasteiger partial charge in [-0.25, -0.2) is 0 Å². The molecule has 1 aromatic carbocycles. The van der Waals surface area contributed by atoms with Crippen molar-refractivity contribution in [3.05, 3.63) is 59.9 Å². The number of carbonyl (C=O) groups is 3. The van der Waals surface area contributed by atoms with Crippen LogP contribution in [0.1, 0.15) is 36.7 Å². The van der Waals surface area contributed by atoms with Crippen LogP contribution in [-0.2, 0) is 16.1 Å². The molecule has 1 aromatic heterocycles. The second-order valence-corrected chi connectivity index (χ2v) is 6.25. The van der Waals surface area contributed by atoms with E-state index < -0.39 is 11.3 Å². The van der Waals surface area contributed by atoms with Crippen molar-refractivity contribution in [1.82, 2.24) is 10.3 Å². The molecule has 0 saturated carbocycles. The Morgan fingerprint density at radius 1 is 1.04 bits per heavy atom. The van der Waals surface area contributed by atoms with E-state index in [0.29, 0.717) is 17.8 Å². The fraction of sp³-hybridized carbons (Fsp3) is 0.263. The van der Waals surface area contributed by atoms with E-state index in [1.54, 1.807) is 62.6 Å². The minimum Gasteiger partial charge on any atom is -0.351 e. The molecule has 0 radical (unpaired) electrons. The summed E-state index contributed by atoms with van der Waals surface area (Å²) in [6, 6.07) is 10.2. The maximum absolute atomic E-state index is 12.5. The van der Waals surface area contributed by atoms with Crippen LogP contribution in [0.15, 0.2) is 48.8 Å². The van der Waals surface area contributed by atoms with E-state index in [1.807, 2.05) is 0 Å². The van der Waals surface area contributed by atoms with E-state index >= 15 is 0 Å². The number of hydrogen-bond donors (Lipinski definition) is 2. The third-order valence-electron chi connectivity index (χ3n) is 3.86. The van der Waals surface area contributed by atoms with E-state index in [2.05, 4.69) is 15.6 Å². The third-order valence-corrected chi connectivity index (χ3v) is 3.86. The minimum absolute atomic E-state index is 0.0922. The topological polar surface area (TPSA) is 88.2 Å². The Balaban J connectivity index is 2.02. The first-order valence-corrected chi connectivity index (χ1v) is 7.90. The Labute approximate surface area is 146 Å². The summed E-state index contributed by atoms with van der Waals surface area (Å²) in [7, 11) is 0. The van der Waals surface area contributed by atoms with Crippen molar-refractivity contribution in [1.29, 1.82) is 0 Å². The van der Waals surface area contributed by atoms with Gasteiger partial charge in [0.15, 0.2) is 5.78 Å². The number of Topliss-reactive ketones (excluding diaryl/α,β-unsaturated/α-hetero) is 1. The standard InChI is InChI=1S/C19H21N3O3/c1-13(23)15-5-4-6-16(11-15)22-18(25)19(2,3)17(24)21-12-14-7-9-20-10-8-14/h4-11H,12H2,1-3H3,(H,21,24)(H,22,25). The number of anilines is 1. The SMILES string of the molecule is CC(=O)c1cccc(NC(=O)C(C)(C)C(=O)NCc2ccncc2)c1. The lowest BCUT2D eigenvalue weighted by atomic mass is 9.90. The smallest absolute Gasteiger partial charge is 0.239 e. The average Bonchev–Trinajstić information content (AvgIpc) is 2.60. The van der Waals surface area contributed by atoms with Crippen LogP contribution in [0, 0.1) is 5.41 Å². The number of nitrogens with zero attached hydrogens (tertiary/aromatic N) is 1. The Hall–Kier alpha value is -3.02. The van der Waals surface area contributed by atoms with Crippen LogP contribution in [0.4, 0.5) is 5.69 Å². The number of ketones is 1. The number of amides is 2. The van der Waals surface area contributed by atoms with Gasteiger partial charge in [0.05, 0.1) is 0 Å². The Morgan fingerprint density at radius 2 is 1.72 bits per heavy atom. The first-order valence-electron chi connectivity index (χ1n) is 7.90. The van der Waals surface area contributed by atoms with Crippen LogP contribution in [0.25, 0.3) is 0 Å². The monoisotopic (exact) mass is 339 g/mol. The third kappa shape index (κ3) is 4.73. The predicted molar refractivity (Wildman–Crippen MR) is 94.9 cm³/mol. The van der Waals surface area contributed by atoms with Crippen molar-refractivity contribution in [2.45, 2.75) is 27.3 Å². The maximum Gasteiger partial charge on any atom is 0.239 e. The fourth-order valence-electron chi connectivity index (χ4n) is 2.11. The highest BCUT2D eigenvalue weighted by Gasteiger charge is 2.36. The number of hydrogen-bond acceptors (Lipinski definition) is 4. The second kappa shape index (κ2) is 7.70. The lowest BCUT2D eigenvalue weighted by Crippen LogP contribution is -2.44. The van der Waals surface area contributed by atoms with Gasteiger partial charge >= 0.3 is 0 Å². The number of benzene rings is 1. The lowest BCUT2D eigenvalue weighted by molar-refractivity contribution is -0.138. The number of carbonyl (C=O) groups excluding carboxylic acids is 3. The van der Waals surface area contributed by atoms with Crippen LogP contribution in [-0.4, -0.2) is 22.6 Å². The van der Waals surface area contributed by atoms with Gasteiger partial charge in [-0.15, -0.1) is 0 Å². The molecule has 6 nitrogen and oxygen atoms in total. The lowest BCUT2D eigenvalue weighted by Gasteiger charge is -2.23. The van der Waals surface area contributed by atoms with Gasteiger partial charge in [0.2, 0.25) is 11.8 Å². The molecule has 25 heavy (non-hydrogen) atoms. The molecule has 0 aliphatic rings. The van der Waals surface area contributed by atoms with E-state index in [1.165, 1.54) is 6.92 Å². The first kappa shape index (κ1) is 18.3. The van der Waals surface area contributed by atoms with Gasteiger partial charge in [0, 0.05) is 30.2 Å². The number of rotatable bonds is 6. The molecule has 6 heteroatoms. The molecule has 2 amide bonds. The van der Waals surface area contributed by atoms with E-state index in [-0.39, 0.29) is 11.7 Å². The summed E-state index contributed by atoms with van der Waals surface area (Å²) in [5.74, 6) is -0.921. The van der Waals surface area contributed by atoms with Crippen molar-refractivity contribution in [3.63, 3.8) is 0 Å². The van der Waals surface area contributed by atoms with Gasteiger partial charge in [-0.1, -0.05) is 12.1 Å². The Kier molecular flexibility index (Phi) is 5.64. The van der Waals surface area contributed by atoms with E-state index in [9.17, 15) is 14.4 Å². The highest BCUT2D eigenvalue weighted by Crippen LogP contribution is 2.20. The molecule has 0 saturated heterocycles. The molecule has 0 atom stereocenters. The zero-order chi connectivity index (χ0) is 18.4. The van der Waals surface area contributed by atoms with Crippen molar-refractivity contribution in [2.24, 2.45) is 5.41 Å². The van der Waals surface area contributed by atoms with Crippen LogP contribution >= 0.6 is 0 Å². The largest absolute Gasteiger partial charge is 0.351 e. The number of aromatic nitrogens is 1. The molecular formula is C19H21N3O3. The van der Waals surface area contributed by atoms with Gasteiger partial charge in [-0.2, -0.15) is 0 Å². The molecule has 2 N–H and O–H groups in total. The molecule has 0 spiro atoms. The summed E-state index contributed by atoms with van der Waals surface area (Å²) in [5, 5.41) is 5.45. The summed E-state index contributed by atoms with van der Waals surface area (Å²) in [4.78, 5) is 40.2. The van der Waals surface area contributed by atoms with E-state index in [0.717, 1.165) is 5.56 Å². The molecule has 1 heterocycles. The fourth-order valence-corrected chi connectivity index (χ4v) is 2.11. The summed E-state index contributed by atoms with van der Waals surface area (Å²) < 4.78 is 0. The van der Waals surface area contributed by atoms with Gasteiger partial charge in [0.1, 0.15) is 5.41 Å². The van der Waals surface area contributed by atoms with Gasteiger partial charge in [-0.05, 0) is 50.6 Å². The molecule has 0 aliphatic carbocycles. The molecule has 2 aromatic rings. The maximum atomic E-state index is 12.5. The van der Waals surface area contributed by atoms with Crippen LogP contribution < -0.4 is 10.6 Å². The van der Waals surface area contributed by atoms with Crippen molar-refractivity contribution in [2.75, 3.05) is 5.32 Å². The quantitative estimate of drug-likeness (QED) is 0.625. The molecular weight excluding hydrogens is 318 g/mol. The summed E-state index contributed by atoms with van der Waals surface area (Å²) in [6.45, 7) is 4.88. The number of nitrogens with one attached hydrogen (secondary N) is 2. The summed E-state index contributed by atoms with van der Waals surface area (Å²) in [5.41, 5.74) is 0.610. The average molecular weight is 339 g/mol. The van der Waals surface area contributed by atoms with Gasteiger partial charge in [-0.3, -0.25) is 19.4 Å². The molecule has 0 fully saturated rings. The van der Waals surface area contributed by atoms with Gasteiger partial charge < -0.3 is 10.6 Å². The van der Waals surface area contributed by atoms with E-state index in [4.69, 9.17) is 0 Å². The normalized spacial score (nSPS) is 10.8. The molecule has 0 aliphatic heterocycles. The molecule has 130 valence electrons. The van der Waals surface area contributed by atoms with Crippen LogP contribution in [0.2, 0.25) is 0 Å². The second-order valence-electron chi connectivity index (χ2n) is 6.25. The first-order chi connectivity index (χ1) is 11.8. The van der Waals surface area contributed by atoms with Crippen molar-refractivity contribution in [3.8, 4) is 0 Å². The zero-order valence-corrected chi connectivity index (χ0v) is 14.5. The van der Waals surface area contributed by atoms with Gasteiger partial charge in [0.25, 0.3) is 0 Å². The summed E-state index contributed by atoms with van der Waals surface area (Å²) >= 11 is 0. The number of pyridine rings is 1. The zero-order valence-electron chi connectivity index (χ0n) is 14.5. The Morgan fingerprint density at radius 3 is 2.36 bits per heavy atom. The molecule has 0 unspecified atom stereocenters. The highest BCUT2D eigenvalue weighted by molar-refractivity contribution is 6.10. The van der Waals surface area contributed by atoms with Crippen LogP contribution in [0.5, 0.6) is 0 Å². The van der Waals surface area contributed by atoms with Crippen molar-refractivity contribution < 1.29 is 14.4 Å².